The molecule has 0 saturated carbocycles. The van der Waals surface area contributed by atoms with Gasteiger partial charge in [0.2, 0.25) is 0 Å². The Labute approximate surface area is 130 Å². The number of carboxylic acids is 1. The quantitative estimate of drug-likeness (QED) is 0.452. The lowest BCUT2D eigenvalue weighted by Gasteiger charge is -2.07. The number of benzene rings is 1. The first kappa shape index (κ1) is 20.3. The van der Waals surface area contributed by atoms with Gasteiger partial charge in [0.25, 0.3) is 0 Å². The van der Waals surface area contributed by atoms with Crippen LogP contribution in [-0.2, 0) is 18.4 Å². The van der Waals surface area contributed by atoms with E-state index in [0.717, 1.165) is 11.6 Å². The van der Waals surface area contributed by atoms with Crippen LogP contribution in [0.5, 0.6) is 0 Å². The van der Waals surface area contributed by atoms with E-state index in [9.17, 15) is 9.36 Å². The molecule has 0 aliphatic heterocycles. The van der Waals surface area contributed by atoms with Gasteiger partial charge in [0, 0.05) is 6.08 Å². The molecule has 0 spiro atoms. The zero-order valence-corrected chi connectivity index (χ0v) is 13.5. The Morgan fingerprint density at radius 1 is 1.14 bits per heavy atom. The lowest BCUT2D eigenvalue weighted by Crippen LogP contribution is -1.93. The van der Waals surface area contributed by atoms with Crippen LogP contribution >= 0.6 is 7.82 Å². The van der Waals surface area contributed by atoms with Crippen molar-refractivity contribution in [2.24, 2.45) is 0 Å². The summed E-state index contributed by atoms with van der Waals surface area (Å²) in [7, 11) is -3.69. The Bertz CT molecular complexity index is 514. The second kappa shape index (κ2) is 11.9. The average Bonchev–Trinajstić information content (AvgIpc) is 2.45. The summed E-state index contributed by atoms with van der Waals surface area (Å²) in [5.41, 5.74) is 1.05. The predicted molar refractivity (Wildman–Crippen MR) is 85.3 cm³/mol. The van der Waals surface area contributed by atoms with E-state index in [4.69, 9.17) is 10.00 Å². The summed E-state index contributed by atoms with van der Waals surface area (Å²) in [6, 6.07) is 9.70. The molecule has 22 heavy (non-hydrogen) atoms. The second-order valence-corrected chi connectivity index (χ2v) is 5.22. The van der Waals surface area contributed by atoms with E-state index in [1.165, 1.54) is 6.08 Å². The molecule has 1 rings (SSSR count). The van der Waals surface area contributed by atoms with Gasteiger partial charge in [-0.1, -0.05) is 48.6 Å². The second-order valence-electron chi connectivity index (χ2n) is 3.77. The molecular formula is C15H21O6P. The molecule has 0 atom stereocenters. The third-order valence-electron chi connectivity index (χ3n) is 2.02. The fourth-order valence-corrected chi connectivity index (χ4v) is 1.96. The summed E-state index contributed by atoms with van der Waals surface area (Å²) < 4.78 is 19.2. The molecule has 0 aliphatic carbocycles. The van der Waals surface area contributed by atoms with Crippen LogP contribution in [0.25, 0.3) is 6.08 Å². The van der Waals surface area contributed by atoms with Gasteiger partial charge in [-0.3, -0.25) is 9.05 Å². The molecule has 0 radical (unpaired) electrons. The molecule has 1 aromatic rings. The Hall–Kier alpha value is -1.72. The van der Waals surface area contributed by atoms with Crippen molar-refractivity contribution in [1.82, 2.24) is 0 Å². The molecular weight excluding hydrogens is 307 g/mol. The minimum Gasteiger partial charge on any atom is -0.478 e. The van der Waals surface area contributed by atoms with Gasteiger partial charge in [-0.05, 0) is 19.4 Å². The first-order valence-corrected chi connectivity index (χ1v) is 8.15. The molecule has 1 aromatic carbocycles. The summed E-state index contributed by atoms with van der Waals surface area (Å²) in [6.07, 6.45) is 6.14. The van der Waals surface area contributed by atoms with Crippen molar-refractivity contribution in [3.05, 3.63) is 54.1 Å². The third-order valence-corrected chi connectivity index (χ3v) is 3.19. The molecule has 122 valence electrons. The number of rotatable bonds is 7. The number of phosphoric ester groups is 1. The van der Waals surface area contributed by atoms with Crippen molar-refractivity contribution in [2.75, 3.05) is 13.2 Å². The van der Waals surface area contributed by atoms with Gasteiger partial charge in [0.05, 0.1) is 13.2 Å². The normalized spacial score (nSPS) is 11.4. The third kappa shape index (κ3) is 12.1. The first-order valence-electron chi connectivity index (χ1n) is 6.66. The van der Waals surface area contributed by atoms with Gasteiger partial charge in [-0.2, -0.15) is 0 Å². The predicted octanol–water partition coefficient (Wildman–Crippen LogP) is 3.50. The van der Waals surface area contributed by atoms with Gasteiger partial charge < -0.3 is 10.00 Å². The van der Waals surface area contributed by atoms with Crippen LogP contribution in [0.3, 0.4) is 0 Å². The van der Waals surface area contributed by atoms with Crippen LogP contribution < -0.4 is 0 Å². The lowest BCUT2D eigenvalue weighted by atomic mass is 10.2. The maximum absolute atomic E-state index is 10.5. The van der Waals surface area contributed by atoms with Gasteiger partial charge >= 0.3 is 13.8 Å². The fourth-order valence-electron chi connectivity index (χ4n) is 1.23. The highest BCUT2D eigenvalue weighted by molar-refractivity contribution is 7.47. The summed E-state index contributed by atoms with van der Waals surface area (Å²) in [6.45, 7) is 3.63. The van der Waals surface area contributed by atoms with E-state index >= 15 is 0 Å². The highest BCUT2D eigenvalue weighted by Gasteiger charge is 2.17. The number of hydrogen-bond acceptors (Lipinski definition) is 4. The van der Waals surface area contributed by atoms with E-state index in [1.807, 2.05) is 36.4 Å². The molecule has 6 nitrogen and oxygen atoms in total. The summed E-state index contributed by atoms with van der Waals surface area (Å²) in [5, 5.41) is 8.29. The van der Waals surface area contributed by atoms with Crippen molar-refractivity contribution in [1.29, 1.82) is 0 Å². The summed E-state index contributed by atoms with van der Waals surface area (Å²) >= 11 is 0. The Kier molecular flexibility index (Phi) is 11.0. The number of hydrogen-bond donors (Lipinski definition) is 2. The summed E-state index contributed by atoms with van der Waals surface area (Å²) in [5.74, 6) is -0.933. The maximum Gasteiger partial charge on any atom is 0.472 e. The van der Waals surface area contributed by atoms with Crippen molar-refractivity contribution in [3.8, 4) is 0 Å². The molecule has 0 aliphatic rings. The number of carboxylic acid groups (broad SMARTS) is 1. The molecule has 7 heteroatoms. The zero-order valence-electron chi connectivity index (χ0n) is 12.6. The van der Waals surface area contributed by atoms with E-state index in [-0.39, 0.29) is 13.2 Å². The van der Waals surface area contributed by atoms with Crippen LogP contribution in [-0.4, -0.2) is 29.2 Å². The highest BCUT2D eigenvalue weighted by atomic mass is 31.2. The number of phosphoric acid groups is 1. The van der Waals surface area contributed by atoms with Crippen LogP contribution in [0.4, 0.5) is 0 Å². The molecule has 0 aromatic heterocycles. The van der Waals surface area contributed by atoms with E-state index in [0.29, 0.717) is 0 Å². The summed E-state index contributed by atoms with van der Waals surface area (Å²) in [4.78, 5) is 18.7. The van der Waals surface area contributed by atoms with E-state index < -0.39 is 13.8 Å². The monoisotopic (exact) mass is 328 g/mol. The molecule has 0 amide bonds. The van der Waals surface area contributed by atoms with Crippen LogP contribution in [0, 0.1) is 0 Å². The maximum atomic E-state index is 10.5. The van der Waals surface area contributed by atoms with Gasteiger partial charge in [0.15, 0.2) is 0 Å². The Morgan fingerprint density at radius 3 is 2.14 bits per heavy atom. The Balaban J connectivity index is 0.000000433. The number of carbonyl (C=O) groups is 1. The van der Waals surface area contributed by atoms with Crippen LogP contribution in [0.2, 0.25) is 0 Å². The number of allylic oxidation sites excluding steroid dienone is 2. The molecule has 0 fully saturated rings. The van der Waals surface area contributed by atoms with Crippen molar-refractivity contribution in [2.45, 2.75) is 13.8 Å². The number of aliphatic carboxylic acids is 1. The van der Waals surface area contributed by atoms with Gasteiger partial charge in [-0.25, -0.2) is 9.36 Å². The smallest absolute Gasteiger partial charge is 0.472 e. The zero-order chi connectivity index (χ0) is 16.8. The topological polar surface area (TPSA) is 93.1 Å². The van der Waals surface area contributed by atoms with Crippen LogP contribution in [0.15, 0.2) is 48.6 Å². The molecule has 0 bridgehead atoms. The first-order chi connectivity index (χ1) is 10.4. The standard InChI is InChI=1S/C11H10O2.C4H11O4P/c12-11(13)9-5-4-8-10-6-2-1-3-7-10;1-3-7-9(5,6)8-4-2/h1-9H,(H,12,13);3-4H2,1-2H3,(H,5,6). The van der Waals surface area contributed by atoms with Crippen molar-refractivity contribution >= 4 is 19.9 Å². The highest BCUT2D eigenvalue weighted by Crippen LogP contribution is 2.42. The molecule has 0 unspecified atom stereocenters. The van der Waals surface area contributed by atoms with E-state index in [2.05, 4.69) is 9.05 Å². The van der Waals surface area contributed by atoms with Crippen molar-refractivity contribution in [3.63, 3.8) is 0 Å². The van der Waals surface area contributed by atoms with Crippen LogP contribution in [0.1, 0.15) is 19.4 Å². The average molecular weight is 328 g/mol. The minimum atomic E-state index is -3.69. The Morgan fingerprint density at radius 2 is 1.68 bits per heavy atom. The molecule has 2 N–H and O–H groups in total. The molecule has 0 heterocycles. The minimum absolute atomic E-state index is 0.188. The van der Waals surface area contributed by atoms with Gasteiger partial charge in [-0.15, -0.1) is 0 Å². The molecule has 0 saturated heterocycles. The van der Waals surface area contributed by atoms with E-state index in [1.54, 1.807) is 19.9 Å². The largest absolute Gasteiger partial charge is 0.478 e. The van der Waals surface area contributed by atoms with Gasteiger partial charge in [0.1, 0.15) is 0 Å². The lowest BCUT2D eigenvalue weighted by molar-refractivity contribution is -0.131. The fraction of sp³-hybridized carbons (Fsp3) is 0.267. The van der Waals surface area contributed by atoms with Crippen molar-refractivity contribution < 1.29 is 28.4 Å². The SMILES string of the molecule is CCOP(=O)(O)OCC.O=C(O)C=CC=Cc1ccccc1.